The van der Waals surface area contributed by atoms with Crippen molar-refractivity contribution in [1.82, 2.24) is 9.80 Å². The maximum absolute atomic E-state index is 3.45. The van der Waals surface area contributed by atoms with Gasteiger partial charge in [-0.05, 0) is 204 Å². The summed E-state index contributed by atoms with van der Waals surface area (Å²) >= 11 is 0. The molecule has 12 fully saturated rings. The summed E-state index contributed by atoms with van der Waals surface area (Å²) < 4.78 is 0. The van der Waals surface area contributed by atoms with Gasteiger partial charge in [0.25, 0.3) is 0 Å². The Bertz CT molecular complexity index is 1400. The first-order valence-corrected chi connectivity index (χ1v) is 28.6. The molecule has 332 valence electrons. The van der Waals surface area contributed by atoms with Crippen LogP contribution in [0, 0.1) is 88.3 Å². The number of hydrogen-bond acceptors (Lipinski definition) is 2. The largest absolute Gasteiger partial charge is 0.294 e. The van der Waals surface area contributed by atoms with E-state index in [0.717, 1.165) is 119 Å². The molecule has 0 bridgehead atoms. The Kier molecular flexibility index (Phi) is 11.5. The number of hydrogen-bond donors (Lipinski definition) is 0. The van der Waals surface area contributed by atoms with E-state index in [0.29, 0.717) is 5.41 Å². The van der Waals surface area contributed by atoms with Crippen molar-refractivity contribution in [2.45, 2.75) is 268 Å². The second-order valence-electron chi connectivity index (χ2n) is 26.3. The second kappa shape index (κ2) is 16.7. The summed E-state index contributed by atoms with van der Waals surface area (Å²) in [6, 6.07) is 5.72. The van der Waals surface area contributed by atoms with E-state index in [1.807, 2.05) is 0 Å². The molecule has 0 spiro atoms. The van der Waals surface area contributed by atoms with Gasteiger partial charge in [0, 0.05) is 36.3 Å². The van der Waals surface area contributed by atoms with Crippen molar-refractivity contribution in [2.24, 2.45) is 88.3 Å². The molecular weight excluding hydrogens is 713 g/mol. The van der Waals surface area contributed by atoms with Crippen LogP contribution in [0.2, 0.25) is 0 Å². The first-order chi connectivity index (χ1) is 29.0. The molecular formula is C57H94N2. The molecule has 12 aliphatic rings. The molecule has 0 aromatic carbocycles. The molecule has 12 rings (SSSR count). The maximum atomic E-state index is 3.45. The standard InChI is InChI=1S/C57H94N2/c1-57(2)51-22-12-9-19-45(51)48-36-43(27-28-52(48)57)58-53-23-13-10-20-46(53)49-34-39(25-29-55(49)58)40-26-30-56-50(35-40)47-21-11-14-24-54(47)59(56)44-32-41(37-15-5-3-6-16-37)31-42(33-44)38-17-7-4-8-18-38/h37-56H,3-36H2,1-2H3. The first-order valence-electron chi connectivity index (χ1n) is 28.6. The van der Waals surface area contributed by atoms with Crippen LogP contribution in [0.5, 0.6) is 0 Å². The van der Waals surface area contributed by atoms with Gasteiger partial charge in [0.05, 0.1) is 0 Å². The molecule has 2 saturated heterocycles. The Hall–Kier alpha value is -0.0800. The van der Waals surface area contributed by atoms with Crippen LogP contribution in [0.4, 0.5) is 0 Å². The van der Waals surface area contributed by atoms with Gasteiger partial charge in [-0.1, -0.05) is 117 Å². The van der Waals surface area contributed by atoms with Crippen LogP contribution in [0.1, 0.15) is 232 Å². The molecule has 17 atom stereocenters. The van der Waals surface area contributed by atoms with Crippen LogP contribution in [0.15, 0.2) is 0 Å². The fraction of sp³-hybridized carbons (Fsp3) is 1.00. The highest BCUT2D eigenvalue weighted by atomic mass is 15.3. The van der Waals surface area contributed by atoms with Crippen LogP contribution in [0.25, 0.3) is 0 Å². The van der Waals surface area contributed by atoms with E-state index in [4.69, 9.17) is 0 Å². The van der Waals surface area contributed by atoms with Gasteiger partial charge >= 0.3 is 0 Å². The third kappa shape index (κ3) is 7.08. The van der Waals surface area contributed by atoms with Crippen molar-refractivity contribution in [3.8, 4) is 0 Å². The Labute approximate surface area is 365 Å². The number of likely N-dealkylation sites (tertiary alicyclic amines) is 2. The second-order valence-corrected chi connectivity index (χ2v) is 26.3. The molecule has 59 heavy (non-hydrogen) atoms. The van der Waals surface area contributed by atoms with Crippen molar-refractivity contribution in [1.29, 1.82) is 0 Å². The minimum atomic E-state index is 0.609. The third-order valence-corrected chi connectivity index (χ3v) is 24.1. The fourth-order valence-corrected chi connectivity index (χ4v) is 21.9. The van der Waals surface area contributed by atoms with Crippen LogP contribution in [0.3, 0.4) is 0 Å². The smallest absolute Gasteiger partial charge is 0.0133 e. The fourth-order valence-electron chi connectivity index (χ4n) is 21.9. The van der Waals surface area contributed by atoms with Gasteiger partial charge in [-0.25, -0.2) is 0 Å². The van der Waals surface area contributed by atoms with Crippen molar-refractivity contribution < 1.29 is 0 Å². The van der Waals surface area contributed by atoms with Crippen LogP contribution >= 0.6 is 0 Å². The summed E-state index contributed by atoms with van der Waals surface area (Å²) in [5.74, 6) is 14.8. The van der Waals surface area contributed by atoms with E-state index in [-0.39, 0.29) is 0 Å². The van der Waals surface area contributed by atoms with E-state index in [9.17, 15) is 0 Å². The lowest BCUT2D eigenvalue weighted by Gasteiger charge is -2.50. The van der Waals surface area contributed by atoms with Gasteiger partial charge in [-0.15, -0.1) is 0 Å². The molecule has 2 nitrogen and oxygen atoms in total. The van der Waals surface area contributed by atoms with Gasteiger partial charge in [-0.3, -0.25) is 9.80 Å². The lowest BCUT2D eigenvalue weighted by atomic mass is 9.62. The molecule has 2 heteroatoms. The number of nitrogens with zero attached hydrogens (tertiary/aromatic N) is 2. The van der Waals surface area contributed by atoms with Gasteiger partial charge in [0.15, 0.2) is 0 Å². The predicted molar refractivity (Wildman–Crippen MR) is 246 cm³/mol. The zero-order valence-corrected chi connectivity index (χ0v) is 39.0. The van der Waals surface area contributed by atoms with Crippen molar-refractivity contribution in [3.63, 3.8) is 0 Å². The normalized spacial score (nSPS) is 52.2. The number of fused-ring (bicyclic) bond motifs is 9. The summed E-state index contributed by atoms with van der Waals surface area (Å²) in [6.07, 6.45) is 53.5. The lowest BCUT2D eigenvalue weighted by Crippen LogP contribution is -2.52. The minimum absolute atomic E-state index is 0.609. The monoisotopic (exact) mass is 807 g/mol. The molecule has 0 amide bonds. The summed E-state index contributed by atoms with van der Waals surface area (Å²) in [7, 11) is 0. The van der Waals surface area contributed by atoms with Crippen molar-refractivity contribution >= 4 is 0 Å². The van der Waals surface area contributed by atoms with Gasteiger partial charge in [0.2, 0.25) is 0 Å². The van der Waals surface area contributed by atoms with E-state index in [1.54, 1.807) is 180 Å². The molecule has 0 N–H and O–H groups in total. The van der Waals surface area contributed by atoms with Crippen LogP contribution < -0.4 is 0 Å². The first kappa shape index (κ1) is 40.4. The average Bonchev–Trinajstić information content (AvgIpc) is 3.89. The molecule has 2 aliphatic heterocycles. The Balaban J connectivity index is 0.751. The van der Waals surface area contributed by atoms with Crippen molar-refractivity contribution in [3.05, 3.63) is 0 Å². The summed E-state index contributed by atoms with van der Waals surface area (Å²) in [4.78, 5) is 6.84. The molecule has 10 saturated carbocycles. The zero-order chi connectivity index (χ0) is 39.2. The zero-order valence-electron chi connectivity index (χ0n) is 39.0. The molecule has 17 unspecified atom stereocenters. The maximum Gasteiger partial charge on any atom is 0.0133 e. The van der Waals surface area contributed by atoms with E-state index >= 15 is 0 Å². The molecule has 0 radical (unpaired) electrons. The van der Waals surface area contributed by atoms with Crippen molar-refractivity contribution in [2.75, 3.05) is 0 Å². The van der Waals surface area contributed by atoms with Crippen LogP contribution in [-0.2, 0) is 0 Å². The topological polar surface area (TPSA) is 6.48 Å². The van der Waals surface area contributed by atoms with E-state index in [1.165, 1.54) is 38.5 Å². The minimum Gasteiger partial charge on any atom is -0.294 e. The highest BCUT2D eigenvalue weighted by Crippen LogP contribution is 2.65. The highest BCUT2D eigenvalue weighted by Gasteiger charge is 2.61. The van der Waals surface area contributed by atoms with Crippen LogP contribution in [-0.4, -0.2) is 46.1 Å². The molecule has 10 aliphatic carbocycles. The Morgan fingerprint density at radius 3 is 1.31 bits per heavy atom. The summed E-state index contributed by atoms with van der Waals surface area (Å²) in [5, 5.41) is 0. The summed E-state index contributed by atoms with van der Waals surface area (Å²) in [6.45, 7) is 5.46. The Morgan fingerprint density at radius 1 is 0.271 bits per heavy atom. The molecule has 0 aromatic rings. The van der Waals surface area contributed by atoms with E-state index < -0.39 is 0 Å². The van der Waals surface area contributed by atoms with Gasteiger partial charge in [-0.2, -0.15) is 0 Å². The Morgan fingerprint density at radius 2 is 0.729 bits per heavy atom. The quantitative estimate of drug-likeness (QED) is 0.273. The summed E-state index contributed by atoms with van der Waals surface area (Å²) in [5.41, 5.74) is 0.609. The lowest BCUT2D eigenvalue weighted by molar-refractivity contribution is -0.00665. The predicted octanol–water partition coefficient (Wildman–Crippen LogP) is 14.9. The highest BCUT2D eigenvalue weighted by molar-refractivity contribution is 5.13. The van der Waals surface area contributed by atoms with Gasteiger partial charge in [0.1, 0.15) is 0 Å². The number of rotatable bonds is 5. The van der Waals surface area contributed by atoms with E-state index in [2.05, 4.69) is 23.6 Å². The third-order valence-electron chi connectivity index (χ3n) is 24.1. The SMILES string of the molecule is CC1(C)C2CCCCC2C2CC(N3C4CCCCC4C4CC(C5CCC6C(C5)C5CCCCC5N6C5CC(C6CCCCC6)CC(C6CCCCC6)C5)CCC43)CCC21. The molecule has 2 heterocycles. The average molecular weight is 807 g/mol. The van der Waals surface area contributed by atoms with Gasteiger partial charge < -0.3 is 0 Å². The molecule has 0 aromatic heterocycles.